The number of methoxy groups -OCH3 is 1. The van der Waals surface area contributed by atoms with E-state index < -0.39 is 0 Å². The van der Waals surface area contributed by atoms with Gasteiger partial charge in [-0.05, 0) is 17.2 Å². The lowest BCUT2D eigenvalue weighted by atomic mass is 10.1. The fourth-order valence-electron chi connectivity index (χ4n) is 1.01. The molecule has 74 valence electrons. The van der Waals surface area contributed by atoms with Crippen LogP contribution in [-0.4, -0.2) is 13.1 Å². The highest BCUT2D eigenvalue weighted by atomic mass is 79.9. The second-order valence-electron chi connectivity index (χ2n) is 2.74. The molecule has 2 nitrogen and oxygen atoms in total. The molecule has 0 saturated heterocycles. The average molecular weight is 255 g/mol. The molecule has 0 heterocycles. The highest BCUT2D eigenvalue weighted by Gasteiger charge is 1.93. The number of benzene rings is 1. The van der Waals surface area contributed by atoms with Crippen LogP contribution < -0.4 is 0 Å². The first-order chi connectivity index (χ1) is 6.76. The molecule has 0 fully saturated rings. The lowest BCUT2D eigenvalue weighted by molar-refractivity contribution is -0.134. The van der Waals surface area contributed by atoms with Gasteiger partial charge in [-0.25, -0.2) is 4.79 Å². The van der Waals surface area contributed by atoms with Crippen molar-refractivity contribution in [3.8, 4) is 0 Å². The van der Waals surface area contributed by atoms with Crippen LogP contribution in [0.3, 0.4) is 0 Å². The average Bonchev–Trinajstić information content (AvgIpc) is 2.26. The second-order valence-corrected chi connectivity index (χ2v) is 3.30. The van der Waals surface area contributed by atoms with E-state index in [2.05, 4.69) is 20.7 Å². The Morgan fingerprint density at radius 2 is 2.36 bits per heavy atom. The summed E-state index contributed by atoms with van der Waals surface area (Å²) in [5.41, 5.74) is 2.17. The summed E-state index contributed by atoms with van der Waals surface area (Å²) in [6, 6.07) is 7.91. The van der Waals surface area contributed by atoms with E-state index in [1.807, 2.05) is 24.3 Å². The van der Waals surface area contributed by atoms with Gasteiger partial charge in [0.15, 0.2) is 0 Å². The second kappa shape index (κ2) is 5.60. The SMILES string of the molecule is COC(=O)C=Cc1cccc(CBr)c1. The Morgan fingerprint density at radius 3 is 3.00 bits per heavy atom. The van der Waals surface area contributed by atoms with Crippen LogP contribution in [0.4, 0.5) is 0 Å². The van der Waals surface area contributed by atoms with Crippen LogP contribution in [0.1, 0.15) is 11.1 Å². The van der Waals surface area contributed by atoms with Gasteiger partial charge >= 0.3 is 5.97 Å². The summed E-state index contributed by atoms with van der Waals surface area (Å²) in [6.07, 6.45) is 3.14. The highest BCUT2D eigenvalue weighted by Crippen LogP contribution is 2.10. The summed E-state index contributed by atoms with van der Waals surface area (Å²) >= 11 is 3.37. The molecule has 0 saturated carbocycles. The van der Waals surface area contributed by atoms with Crippen LogP contribution in [0, 0.1) is 0 Å². The molecular weight excluding hydrogens is 244 g/mol. The molecule has 0 aliphatic rings. The van der Waals surface area contributed by atoms with Crippen molar-refractivity contribution in [2.75, 3.05) is 7.11 Å². The van der Waals surface area contributed by atoms with E-state index in [0.717, 1.165) is 10.9 Å². The maximum Gasteiger partial charge on any atom is 0.330 e. The van der Waals surface area contributed by atoms with Gasteiger partial charge in [0.25, 0.3) is 0 Å². The third-order valence-corrected chi connectivity index (χ3v) is 2.37. The number of hydrogen-bond donors (Lipinski definition) is 0. The third kappa shape index (κ3) is 3.34. The molecule has 1 rings (SSSR count). The first-order valence-corrected chi connectivity index (χ1v) is 5.29. The zero-order valence-electron chi connectivity index (χ0n) is 7.87. The zero-order valence-corrected chi connectivity index (χ0v) is 9.45. The molecule has 0 spiro atoms. The number of esters is 1. The molecule has 3 heteroatoms. The lowest BCUT2D eigenvalue weighted by Crippen LogP contribution is -1.93. The Bertz CT molecular complexity index is 345. The van der Waals surface area contributed by atoms with Crippen molar-refractivity contribution in [1.82, 2.24) is 0 Å². The number of carbonyl (C=O) groups is 1. The standard InChI is InChI=1S/C11H11BrO2/c1-14-11(13)6-5-9-3-2-4-10(7-9)8-12/h2-7H,8H2,1H3. The number of alkyl halides is 1. The topological polar surface area (TPSA) is 26.3 Å². The van der Waals surface area contributed by atoms with Gasteiger partial charge in [0.2, 0.25) is 0 Å². The predicted molar refractivity (Wildman–Crippen MR) is 60.1 cm³/mol. The quantitative estimate of drug-likeness (QED) is 0.471. The van der Waals surface area contributed by atoms with Gasteiger partial charge in [-0.1, -0.05) is 40.2 Å². The summed E-state index contributed by atoms with van der Waals surface area (Å²) in [5.74, 6) is -0.339. The van der Waals surface area contributed by atoms with Crippen LogP contribution in [0.2, 0.25) is 0 Å². The molecule has 14 heavy (non-hydrogen) atoms. The Labute approximate surface area is 91.7 Å². The fourth-order valence-corrected chi connectivity index (χ4v) is 1.36. The Morgan fingerprint density at radius 1 is 1.57 bits per heavy atom. The predicted octanol–water partition coefficient (Wildman–Crippen LogP) is 2.77. The fraction of sp³-hybridized carbons (Fsp3) is 0.182. The summed E-state index contributed by atoms with van der Waals surface area (Å²) in [4.78, 5) is 10.8. The summed E-state index contributed by atoms with van der Waals surface area (Å²) in [6.45, 7) is 0. The van der Waals surface area contributed by atoms with Crippen molar-refractivity contribution in [2.24, 2.45) is 0 Å². The molecule has 0 aliphatic heterocycles. The molecule has 1 aromatic rings. The largest absolute Gasteiger partial charge is 0.466 e. The van der Waals surface area contributed by atoms with Crippen molar-refractivity contribution in [3.63, 3.8) is 0 Å². The number of hydrogen-bond acceptors (Lipinski definition) is 2. The van der Waals surface area contributed by atoms with E-state index in [4.69, 9.17) is 0 Å². The first-order valence-electron chi connectivity index (χ1n) is 4.17. The van der Waals surface area contributed by atoms with E-state index in [1.165, 1.54) is 18.7 Å². The van der Waals surface area contributed by atoms with Crippen molar-refractivity contribution < 1.29 is 9.53 Å². The van der Waals surface area contributed by atoms with Crippen molar-refractivity contribution >= 4 is 28.0 Å². The van der Waals surface area contributed by atoms with Gasteiger partial charge in [-0.2, -0.15) is 0 Å². The molecule has 0 unspecified atom stereocenters. The third-order valence-electron chi connectivity index (χ3n) is 1.72. The molecular formula is C11H11BrO2. The summed E-state index contributed by atoms with van der Waals surface area (Å²) in [7, 11) is 1.36. The summed E-state index contributed by atoms with van der Waals surface area (Å²) in [5, 5.41) is 0.812. The van der Waals surface area contributed by atoms with Gasteiger partial charge in [0.05, 0.1) is 7.11 Å². The molecule has 0 aromatic heterocycles. The number of ether oxygens (including phenoxy) is 1. The Hall–Kier alpha value is -1.09. The minimum absolute atomic E-state index is 0.339. The molecule has 0 N–H and O–H groups in total. The number of carbonyl (C=O) groups excluding carboxylic acids is 1. The Balaban J connectivity index is 2.76. The Kier molecular flexibility index (Phi) is 4.40. The van der Waals surface area contributed by atoms with Crippen LogP contribution >= 0.6 is 15.9 Å². The molecule has 0 amide bonds. The van der Waals surface area contributed by atoms with Crippen molar-refractivity contribution in [1.29, 1.82) is 0 Å². The van der Waals surface area contributed by atoms with Crippen LogP contribution in [0.15, 0.2) is 30.3 Å². The van der Waals surface area contributed by atoms with Crippen LogP contribution in [0.5, 0.6) is 0 Å². The van der Waals surface area contributed by atoms with Crippen molar-refractivity contribution in [3.05, 3.63) is 41.5 Å². The monoisotopic (exact) mass is 254 g/mol. The van der Waals surface area contributed by atoms with E-state index >= 15 is 0 Å². The minimum atomic E-state index is -0.339. The molecule has 0 aliphatic carbocycles. The van der Waals surface area contributed by atoms with Gasteiger partial charge in [0.1, 0.15) is 0 Å². The minimum Gasteiger partial charge on any atom is -0.466 e. The molecule has 0 bridgehead atoms. The maximum atomic E-state index is 10.8. The molecule has 0 atom stereocenters. The van der Waals surface area contributed by atoms with Gasteiger partial charge in [-0.3, -0.25) is 0 Å². The van der Waals surface area contributed by atoms with Crippen LogP contribution in [0.25, 0.3) is 6.08 Å². The zero-order chi connectivity index (χ0) is 10.4. The van der Waals surface area contributed by atoms with E-state index in [1.54, 1.807) is 6.08 Å². The maximum absolute atomic E-state index is 10.8. The summed E-state index contributed by atoms with van der Waals surface area (Å²) < 4.78 is 4.49. The normalized spacial score (nSPS) is 10.4. The highest BCUT2D eigenvalue weighted by molar-refractivity contribution is 9.08. The van der Waals surface area contributed by atoms with Crippen molar-refractivity contribution in [2.45, 2.75) is 5.33 Å². The van der Waals surface area contributed by atoms with Gasteiger partial charge in [0, 0.05) is 11.4 Å². The first kappa shape index (κ1) is 11.0. The van der Waals surface area contributed by atoms with Crippen LogP contribution in [-0.2, 0) is 14.9 Å². The molecule has 1 aromatic carbocycles. The van der Waals surface area contributed by atoms with E-state index in [9.17, 15) is 4.79 Å². The number of halogens is 1. The smallest absolute Gasteiger partial charge is 0.330 e. The van der Waals surface area contributed by atoms with Gasteiger partial charge < -0.3 is 4.74 Å². The number of rotatable bonds is 3. The van der Waals surface area contributed by atoms with E-state index in [-0.39, 0.29) is 5.97 Å². The van der Waals surface area contributed by atoms with Gasteiger partial charge in [-0.15, -0.1) is 0 Å². The van der Waals surface area contributed by atoms with E-state index in [0.29, 0.717) is 0 Å². The lowest BCUT2D eigenvalue weighted by Gasteiger charge is -1.97. The molecule has 0 radical (unpaired) electrons.